The molecule has 0 aromatic heterocycles. The zero-order chi connectivity index (χ0) is 21.5. The Labute approximate surface area is 171 Å². The minimum Gasteiger partial charge on any atom is -0.368 e. The van der Waals surface area contributed by atoms with Gasteiger partial charge in [0.1, 0.15) is 4.90 Å². The molecule has 160 valence electrons. The molecule has 1 amide bonds. The van der Waals surface area contributed by atoms with Crippen LogP contribution in [0.1, 0.15) is 23.2 Å². The Hall–Kier alpha value is -2.63. The number of carbonyl (C=O) groups excluding carboxylic acids is 1. The van der Waals surface area contributed by atoms with Crippen molar-refractivity contribution in [1.29, 1.82) is 0 Å². The Morgan fingerprint density at radius 1 is 1.03 bits per heavy atom. The number of fused-ring (bicyclic) bond motifs is 1. The first-order chi connectivity index (χ1) is 14.2. The first-order valence-electron chi connectivity index (χ1n) is 9.34. The first kappa shape index (κ1) is 20.6. The van der Waals surface area contributed by atoms with Crippen molar-refractivity contribution in [2.45, 2.75) is 23.9 Å². The van der Waals surface area contributed by atoms with E-state index < -0.39 is 39.5 Å². The van der Waals surface area contributed by atoms with E-state index in [-0.39, 0.29) is 22.1 Å². The lowest BCUT2D eigenvalue weighted by molar-refractivity contribution is 0.102. The summed E-state index contributed by atoms with van der Waals surface area (Å²) in [5.41, 5.74) is 0.0401. The summed E-state index contributed by atoms with van der Waals surface area (Å²) in [6.07, 6.45) is 1.19. The van der Waals surface area contributed by atoms with Gasteiger partial charge in [0.05, 0.1) is 11.9 Å². The van der Waals surface area contributed by atoms with E-state index in [4.69, 9.17) is 0 Å². The standard InChI is InChI=1S/C19H19F3N4O3S/c20-13-8-12(9-14(21)17(13)22)24-19(27)11-1-2-15-16(7-11)30(28,29)26-18(25-15)10-3-5-23-6-4-10/h1-2,7-10,18,23,25-26H,3-6H2,(H,24,27). The van der Waals surface area contributed by atoms with E-state index in [1.54, 1.807) is 0 Å². The molecule has 2 aromatic carbocycles. The van der Waals surface area contributed by atoms with Crippen LogP contribution in [0, 0.1) is 23.4 Å². The van der Waals surface area contributed by atoms with E-state index in [1.807, 2.05) is 0 Å². The monoisotopic (exact) mass is 440 g/mol. The van der Waals surface area contributed by atoms with E-state index >= 15 is 0 Å². The summed E-state index contributed by atoms with van der Waals surface area (Å²) in [6, 6.07) is 5.32. The maximum absolute atomic E-state index is 13.3. The number of hydrogen-bond donors (Lipinski definition) is 4. The number of amides is 1. The summed E-state index contributed by atoms with van der Waals surface area (Å²) in [5, 5.41) is 8.63. The van der Waals surface area contributed by atoms with Gasteiger partial charge in [0, 0.05) is 23.4 Å². The van der Waals surface area contributed by atoms with E-state index in [0.29, 0.717) is 17.8 Å². The molecule has 4 rings (SSSR count). The van der Waals surface area contributed by atoms with Gasteiger partial charge < -0.3 is 16.0 Å². The molecule has 2 aliphatic heterocycles. The fourth-order valence-corrected chi connectivity index (χ4v) is 5.07. The van der Waals surface area contributed by atoms with Gasteiger partial charge in [-0.1, -0.05) is 0 Å². The van der Waals surface area contributed by atoms with Crippen LogP contribution in [0.4, 0.5) is 24.5 Å². The van der Waals surface area contributed by atoms with Crippen LogP contribution in [0.3, 0.4) is 0 Å². The van der Waals surface area contributed by atoms with Crippen LogP contribution in [-0.2, 0) is 10.0 Å². The largest absolute Gasteiger partial charge is 0.368 e. The van der Waals surface area contributed by atoms with Gasteiger partial charge in [-0.3, -0.25) is 4.79 Å². The van der Waals surface area contributed by atoms with E-state index in [9.17, 15) is 26.4 Å². The third-order valence-corrected chi connectivity index (χ3v) is 6.70. The molecule has 1 fully saturated rings. The second kappa shape index (κ2) is 7.89. The summed E-state index contributed by atoms with van der Waals surface area (Å²) < 4.78 is 67.9. The van der Waals surface area contributed by atoms with Gasteiger partial charge in [-0.2, -0.15) is 4.72 Å². The molecular formula is C19H19F3N4O3S. The lowest BCUT2D eigenvalue weighted by Gasteiger charge is -2.35. The molecule has 2 aliphatic rings. The molecule has 0 saturated carbocycles. The van der Waals surface area contributed by atoms with Crippen molar-refractivity contribution in [2.75, 3.05) is 23.7 Å². The maximum Gasteiger partial charge on any atom is 0.255 e. The number of halogens is 3. The summed E-state index contributed by atoms with van der Waals surface area (Å²) in [7, 11) is -3.87. The zero-order valence-electron chi connectivity index (χ0n) is 15.6. The molecular weight excluding hydrogens is 421 g/mol. The van der Waals surface area contributed by atoms with Crippen LogP contribution >= 0.6 is 0 Å². The van der Waals surface area contributed by atoms with Crippen LogP contribution in [-0.4, -0.2) is 33.6 Å². The molecule has 0 spiro atoms. The fraction of sp³-hybridized carbons (Fsp3) is 0.316. The molecule has 7 nitrogen and oxygen atoms in total. The predicted octanol–water partition coefficient (Wildman–Crippen LogP) is 2.39. The van der Waals surface area contributed by atoms with Crippen LogP contribution in [0.2, 0.25) is 0 Å². The lowest BCUT2D eigenvalue weighted by Crippen LogP contribution is -2.51. The first-order valence-corrected chi connectivity index (χ1v) is 10.8. The molecule has 11 heteroatoms. The molecule has 1 atom stereocenters. The van der Waals surface area contributed by atoms with Crippen molar-refractivity contribution in [1.82, 2.24) is 10.0 Å². The highest BCUT2D eigenvalue weighted by Crippen LogP contribution is 2.31. The molecule has 2 aromatic rings. The lowest BCUT2D eigenvalue weighted by atomic mass is 9.95. The number of rotatable bonds is 3. The second-order valence-electron chi connectivity index (χ2n) is 7.25. The molecule has 30 heavy (non-hydrogen) atoms. The van der Waals surface area contributed by atoms with Gasteiger partial charge in [0.25, 0.3) is 5.91 Å². The Balaban J connectivity index is 1.57. The van der Waals surface area contributed by atoms with E-state index in [1.165, 1.54) is 18.2 Å². The Morgan fingerprint density at radius 3 is 2.37 bits per heavy atom. The summed E-state index contributed by atoms with van der Waals surface area (Å²) in [4.78, 5) is 12.3. The quantitative estimate of drug-likeness (QED) is 0.550. The van der Waals surface area contributed by atoms with Gasteiger partial charge in [-0.15, -0.1) is 0 Å². The van der Waals surface area contributed by atoms with Crippen molar-refractivity contribution in [3.05, 3.63) is 53.3 Å². The average molecular weight is 440 g/mol. The highest BCUT2D eigenvalue weighted by Gasteiger charge is 2.34. The molecule has 4 N–H and O–H groups in total. The number of carbonyl (C=O) groups is 1. The summed E-state index contributed by atoms with van der Waals surface area (Å²) in [6.45, 7) is 1.61. The molecule has 2 heterocycles. The molecule has 0 aliphatic carbocycles. The summed E-state index contributed by atoms with van der Waals surface area (Å²) in [5.74, 6) is -5.21. The number of nitrogens with one attached hydrogen (secondary N) is 4. The Morgan fingerprint density at radius 2 is 1.70 bits per heavy atom. The Kier molecular flexibility index (Phi) is 5.43. The molecule has 0 radical (unpaired) electrons. The van der Waals surface area contributed by atoms with Crippen molar-refractivity contribution < 1.29 is 26.4 Å². The van der Waals surface area contributed by atoms with Gasteiger partial charge in [-0.05, 0) is 50.0 Å². The van der Waals surface area contributed by atoms with Crippen molar-refractivity contribution >= 4 is 27.3 Å². The number of sulfonamides is 1. The van der Waals surface area contributed by atoms with Gasteiger partial charge >= 0.3 is 0 Å². The number of hydrogen-bond acceptors (Lipinski definition) is 5. The number of benzene rings is 2. The van der Waals surface area contributed by atoms with Crippen LogP contribution in [0.15, 0.2) is 35.2 Å². The average Bonchev–Trinajstić information content (AvgIpc) is 2.72. The molecule has 0 bridgehead atoms. The highest BCUT2D eigenvalue weighted by molar-refractivity contribution is 7.89. The van der Waals surface area contributed by atoms with Gasteiger partial charge in [-0.25, -0.2) is 21.6 Å². The van der Waals surface area contributed by atoms with Gasteiger partial charge in [0.2, 0.25) is 10.0 Å². The Bertz CT molecular complexity index is 1080. The molecule has 1 saturated heterocycles. The minimum absolute atomic E-state index is 0.0358. The topological polar surface area (TPSA) is 99.3 Å². The van der Waals surface area contributed by atoms with Crippen molar-refractivity contribution in [2.24, 2.45) is 5.92 Å². The van der Waals surface area contributed by atoms with E-state index in [2.05, 4.69) is 20.7 Å². The highest BCUT2D eigenvalue weighted by atomic mass is 32.2. The fourth-order valence-electron chi connectivity index (χ4n) is 3.66. The SMILES string of the molecule is O=C(Nc1cc(F)c(F)c(F)c1)c1ccc2c(c1)S(=O)(=O)NC(C1CCNCC1)N2. The zero-order valence-corrected chi connectivity index (χ0v) is 16.5. The third kappa shape index (κ3) is 4.00. The van der Waals surface area contributed by atoms with Crippen LogP contribution in [0.5, 0.6) is 0 Å². The normalized spacial score (nSPS) is 20.8. The minimum atomic E-state index is -3.87. The van der Waals surface area contributed by atoms with Crippen LogP contribution < -0.4 is 20.7 Å². The van der Waals surface area contributed by atoms with Crippen molar-refractivity contribution in [3.63, 3.8) is 0 Å². The number of anilines is 2. The number of piperidine rings is 1. The second-order valence-corrected chi connectivity index (χ2v) is 8.93. The summed E-state index contributed by atoms with van der Waals surface area (Å²) >= 11 is 0. The van der Waals surface area contributed by atoms with E-state index in [0.717, 1.165) is 25.9 Å². The predicted molar refractivity (Wildman–Crippen MR) is 104 cm³/mol. The van der Waals surface area contributed by atoms with Gasteiger partial charge in [0.15, 0.2) is 17.5 Å². The van der Waals surface area contributed by atoms with Crippen LogP contribution in [0.25, 0.3) is 0 Å². The maximum atomic E-state index is 13.3. The van der Waals surface area contributed by atoms with Crippen molar-refractivity contribution in [3.8, 4) is 0 Å². The smallest absolute Gasteiger partial charge is 0.255 e. The third-order valence-electron chi connectivity index (χ3n) is 5.22. The molecule has 1 unspecified atom stereocenters.